The number of nitrogens with zero attached hydrogens (tertiary/aromatic N) is 4. The maximum absolute atomic E-state index is 13.9. The third-order valence-electron chi connectivity index (χ3n) is 5.05. The van der Waals surface area contributed by atoms with Gasteiger partial charge in [0, 0.05) is 24.0 Å². The summed E-state index contributed by atoms with van der Waals surface area (Å²) in [6.45, 7) is 3.28. The minimum Gasteiger partial charge on any atom is -0.252 e. The van der Waals surface area contributed by atoms with Gasteiger partial charge in [-0.05, 0) is 32.0 Å². The van der Waals surface area contributed by atoms with Gasteiger partial charge in [-0.1, -0.05) is 36.4 Å². The second kappa shape index (κ2) is 7.61. The lowest BCUT2D eigenvalue weighted by Gasteiger charge is -2.24. The van der Waals surface area contributed by atoms with E-state index in [1.54, 1.807) is 32.0 Å². The van der Waals surface area contributed by atoms with Gasteiger partial charge in [0.25, 0.3) is 0 Å². The second-order valence-corrected chi connectivity index (χ2v) is 7.57. The van der Waals surface area contributed by atoms with E-state index in [2.05, 4.69) is 15.1 Å². The van der Waals surface area contributed by atoms with Gasteiger partial charge >= 0.3 is 6.18 Å². The molecule has 0 unspecified atom stereocenters. The Bertz CT molecular complexity index is 1210. The van der Waals surface area contributed by atoms with E-state index < -0.39 is 23.1 Å². The molecule has 0 radical (unpaired) electrons. The molecule has 0 saturated carbocycles. The average molecular weight is 426 g/mol. The average Bonchev–Trinajstić information content (AvgIpc) is 3.22. The molecule has 0 spiro atoms. The second-order valence-electron chi connectivity index (χ2n) is 7.57. The molecule has 0 bridgehead atoms. The molecule has 3 heterocycles. The maximum Gasteiger partial charge on any atom is 0.419 e. The molecule has 8 heteroatoms. The summed E-state index contributed by atoms with van der Waals surface area (Å²) in [6, 6.07) is 17.0. The highest BCUT2D eigenvalue weighted by molar-refractivity contribution is 5.59. The van der Waals surface area contributed by atoms with Crippen LogP contribution in [0.2, 0.25) is 0 Å². The Morgan fingerprint density at radius 3 is 2.32 bits per heavy atom. The highest BCUT2D eigenvalue weighted by Crippen LogP contribution is 2.40. The van der Waals surface area contributed by atoms with E-state index in [-0.39, 0.29) is 11.4 Å². The fraction of sp³-hybridized carbons (Fsp3) is 0.174. The summed E-state index contributed by atoms with van der Waals surface area (Å²) in [4.78, 5) is 8.06. The molecular weight excluding hydrogens is 408 g/mol. The van der Waals surface area contributed by atoms with Crippen LogP contribution in [0.25, 0.3) is 16.9 Å². The van der Waals surface area contributed by atoms with Crippen molar-refractivity contribution in [1.82, 2.24) is 19.7 Å². The van der Waals surface area contributed by atoms with Crippen LogP contribution in [0.3, 0.4) is 0 Å². The summed E-state index contributed by atoms with van der Waals surface area (Å²) in [7, 11) is 0. The SMILES string of the molecule is CC(C)(c1cccc(-c2ccccc2)n1)c1nn(-c2ccnc(F)c2)cc1C(F)(F)F. The van der Waals surface area contributed by atoms with Crippen molar-refractivity contribution in [3.8, 4) is 16.9 Å². The topological polar surface area (TPSA) is 43.6 Å². The normalized spacial score (nSPS) is 12.2. The van der Waals surface area contributed by atoms with Crippen molar-refractivity contribution in [2.45, 2.75) is 25.4 Å². The Kier molecular flexibility index (Phi) is 5.08. The van der Waals surface area contributed by atoms with Crippen LogP contribution < -0.4 is 0 Å². The summed E-state index contributed by atoms with van der Waals surface area (Å²) in [5.74, 6) is -0.806. The minimum absolute atomic E-state index is 0.144. The van der Waals surface area contributed by atoms with Crippen LogP contribution in [-0.4, -0.2) is 19.7 Å². The zero-order valence-electron chi connectivity index (χ0n) is 16.7. The predicted molar refractivity (Wildman–Crippen MR) is 108 cm³/mol. The van der Waals surface area contributed by atoms with Gasteiger partial charge in [0.1, 0.15) is 0 Å². The van der Waals surface area contributed by atoms with Gasteiger partial charge in [-0.3, -0.25) is 4.98 Å². The number of hydrogen-bond acceptors (Lipinski definition) is 3. The smallest absolute Gasteiger partial charge is 0.252 e. The van der Waals surface area contributed by atoms with Crippen LogP contribution in [0.5, 0.6) is 0 Å². The largest absolute Gasteiger partial charge is 0.419 e. The third kappa shape index (κ3) is 4.05. The van der Waals surface area contributed by atoms with E-state index in [4.69, 9.17) is 0 Å². The highest BCUT2D eigenvalue weighted by Gasteiger charge is 2.42. The summed E-state index contributed by atoms with van der Waals surface area (Å²) >= 11 is 0. The lowest BCUT2D eigenvalue weighted by Crippen LogP contribution is -2.25. The van der Waals surface area contributed by atoms with E-state index >= 15 is 0 Å². The van der Waals surface area contributed by atoms with Crippen LogP contribution in [0.1, 0.15) is 30.8 Å². The molecule has 0 amide bonds. The summed E-state index contributed by atoms with van der Waals surface area (Å²) in [6.07, 6.45) is -2.60. The van der Waals surface area contributed by atoms with Gasteiger partial charge in [0.05, 0.1) is 33.7 Å². The molecule has 158 valence electrons. The van der Waals surface area contributed by atoms with Crippen molar-refractivity contribution in [2.75, 3.05) is 0 Å². The molecule has 0 aliphatic rings. The summed E-state index contributed by atoms with van der Waals surface area (Å²) in [5, 5.41) is 4.20. The molecular formula is C23H18F4N4. The minimum atomic E-state index is -4.65. The Morgan fingerprint density at radius 2 is 1.65 bits per heavy atom. The lowest BCUT2D eigenvalue weighted by atomic mass is 9.83. The zero-order chi connectivity index (χ0) is 22.2. The molecule has 31 heavy (non-hydrogen) atoms. The number of benzene rings is 1. The predicted octanol–water partition coefficient (Wildman–Crippen LogP) is 5.81. The van der Waals surface area contributed by atoms with Crippen LogP contribution in [-0.2, 0) is 11.6 Å². The first kappa shape index (κ1) is 20.7. The zero-order valence-corrected chi connectivity index (χ0v) is 16.7. The Morgan fingerprint density at radius 1 is 0.903 bits per heavy atom. The molecule has 0 aliphatic carbocycles. The molecule has 0 saturated heterocycles. The molecule has 4 nitrogen and oxygen atoms in total. The van der Waals surface area contributed by atoms with Crippen LogP contribution in [0.4, 0.5) is 17.6 Å². The van der Waals surface area contributed by atoms with E-state index in [1.165, 1.54) is 12.3 Å². The van der Waals surface area contributed by atoms with Gasteiger partial charge in [-0.2, -0.15) is 22.7 Å². The quantitative estimate of drug-likeness (QED) is 0.305. The molecule has 0 atom stereocenters. The van der Waals surface area contributed by atoms with Crippen molar-refractivity contribution in [3.63, 3.8) is 0 Å². The first-order valence-corrected chi connectivity index (χ1v) is 9.48. The molecule has 3 aromatic heterocycles. The molecule has 1 aromatic carbocycles. The third-order valence-corrected chi connectivity index (χ3v) is 5.05. The van der Waals surface area contributed by atoms with Gasteiger partial charge < -0.3 is 0 Å². The van der Waals surface area contributed by atoms with Crippen molar-refractivity contribution in [3.05, 3.63) is 96.0 Å². The van der Waals surface area contributed by atoms with E-state index in [9.17, 15) is 17.6 Å². The Hall–Kier alpha value is -3.55. The van der Waals surface area contributed by atoms with Gasteiger partial charge in [0.15, 0.2) is 0 Å². The number of pyridine rings is 2. The van der Waals surface area contributed by atoms with Gasteiger partial charge in [-0.15, -0.1) is 0 Å². The number of rotatable bonds is 4. The van der Waals surface area contributed by atoms with Crippen LogP contribution in [0, 0.1) is 5.95 Å². The van der Waals surface area contributed by atoms with E-state index in [1.807, 2.05) is 30.3 Å². The van der Waals surface area contributed by atoms with Crippen molar-refractivity contribution in [1.29, 1.82) is 0 Å². The number of alkyl halides is 3. The number of hydrogen-bond donors (Lipinski definition) is 0. The molecule has 4 aromatic rings. The highest BCUT2D eigenvalue weighted by atomic mass is 19.4. The molecule has 4 rings (SSSR count). The monoisotopic (exact) mass is 426 g/mol. The molecule has 0 fully saturated rings. The molecule has 0 N–H and O–H groups in total. The summed E-state index contributed by atoms with van der Waals surface area (Å²) < 4.78 is 56.2. The van der Waals surface area contributed by atoms with Crippen LogP contribution >= 0.6 is 0 Å². The van der Waals surface area contributed by atoms with Crippen molar-refractivity contribution in [2.24, 2.45) is 0 Å². The fourth-order valence-electron chi connectivity index (χ4n) is 3.38. The summed E-state index contributed by atoms with van der Waals surface area (Å²) in [5.41, 5.74) is -0.190. The number of halogens is 4. The van der Waals surface area contributed by atoms with Crippen molar-refractivity contribution >= 4 is 0 Å². The first-order chi connectivity index (χ1) is 14.7. The van der Waals surface area contributed by atoms with E-state index in [0.717, 1.165) is 22.5 Å². The van der Waals surface area contributed by atoms with E-state index in [0.29, 0.717) is 11.4 Å². The molecule has 0 aliphatic heterocycles. The standard InChI is InChI=1S/C23H18F4N4/c1-22(2,19-10-6-9-18(29-19)15-7-4-3-5-8-15)21-17(23(25,26)27)14-31(30-21)16-11-12-28-20(24)13-16/h3-14H,1-2H3. The van der Waals surface area contributed by atoms with Crippen LogP contribution in [0.15, 0.2) is 73.1 Å². The Labute approximate surface area is 176 Å². The maximum atomic E-state index is 13.9. The number of aromatic nitrogens is 4. The van der Waals surface area contributed by atoms with Gasteiger partial charge in [0.2, 0.25) is 5.95 Å². The Balaban J connectivity index is 1.84. The fourth-order valence-corrected chi connectivity index (χ4v) is 3.38. The van der Waals surface area contributed by atoms with Crippen molar-refractivity contribution < 1.29 is 17.6 Å². The first-order valence-electron chi connectivity index (χ1n) is 9.48. The lowest BCUT2D eigenvalue weighted by molar-refractivity contribution is -0.138. The van der Waals surface area contributed by atoms with Gasteiger partial charge in [-0.25, -0.2) is 9.67 Å².